The molecule has 2 aromatic rings. The van der Waals surface area contributed by atoms with Crippen LogP contribution in [0.15, 0.2) is 27.3 Å². The van der Waals surface area contributed by atoms with Crippen LogP contribution in [0.3, 0.4) is 0 Å². The zero-order valence-corrected chi connectivity index (χ0v) is 19.5. The molecule has 0 saturated carbocycles. The van der Waals surface area contributed by atoms with E-state index in [1.165, 1.54) is 23.3 Å². The first kappa shape index (κ1) is 21.2. The van der Waals surface area contributed by atoms with Gasteiger partial charge in [0.15, 0.2) is 0 Å². The molecule has 1 N–H and O–H groups in total. The van der Waals surface area contributed by atoms with Crippen molar-refractivity contribution in [2.45, 2.75) is 57.2 Å². The number of rotatable bonds is 5. The van der Waals surface area contributed by atoms with E-state index < -0.39 is 11.6 Å². The smallest absolute Gasteiger partial charge is 0.126 e. The summed E-state index contributed by atoms with van der Waals surface area (Å²) in [6, 6.07) is 3.48. The molecule has 1 aliphatic rings. The Morgan fingerprint density at radius 2 is 1.74 bits per heavy atom. The van der Waals surface area contributed by atoms with E-state index in [0.717, 1.165) is 40.1 Å². The Kier molecular flexibility index (Phi) is 6.66. The molecule has 0 fully saturated rings. The Balaban J connectivity index is 1.98. The van der Waals surface area contributed by atoms with Crippen LogP contribution in [0.2, 0.25) is 0 Å². The number of hydrogen-bond acceptors (Lipinski definition) is 3. The maximum absolute atomic E-state index is 13.7. The Bertz CT molecular complexity index is 833. The largest absolute Gasteiger partial charge is 0.254 e. The molecular weight excluding hydrogens is 498 g/mol. The van der Waals surface area contributed by atoms with Gasteiger partial charge >= 0.3 is 0 Å². The van der Waals surface area contributed by atoms with Gasteiger partial charge in [0.25, 0.3) is 0 Å². The highest BCUT2D eigenvalue weighted by molar-refractivity contribution is 9.11. The second-order valence-electron chi connectivity index (χ2n) is 7.78. The monoisotopic (exact) mass is 518 g/mol. The molecule has 146 valence electrons. The summed E-state index contributed by atoms with van der Waals surface area (Å²) in [5.74, 6) is -1.12. The molecule has 0 bridgehead atoms. The quantitative estimate of drug-likeness (QED) is 0.351. The minimum absolute atomic E-state index is 0.00806. The summed E-state index contributed by atoms with van der Waals surface area (Å²) in [7, 11) is 0. The molecule has 1 aromatic carbocycles. The van der Waals surface area contributed by atoms with Crippen molar-refractivity contribution < 1.29 is 8.78 Å². The van der Waals surface area contributed by atoms with Gasteiger partial charge in [-0.25, -0.2) is 13.8 Å². The van der Waals surface area contributed by atoms with Crippen LogP contribution in [0.5, 0.6) is 0 Å². The fraction of sp³-hybridized carbons (Fsp3) is 0.450. The lowest BCUT2D eigenvalue weighted by Gasteiger charge is -2.25. The summed E-state index contributed by atoms with van der Waals surface area (Å²) in [6.07, 6.45) is 3.58. The van der Waals surface area contributed by atoms with Crippen LogP contribution >= 0.6 is 43.8 Å². The standard InChI is InChI=1S/C20H22Br2F2N2S/c1-20(2,3)27-26-16(9-11-7-12(23)10-13(24)8-11)18-17(21)14-5-4-6-15(14)19(22)25-18/h7-8,10,16,26H,4-6,9H2,1-3H3/t16-/m0/s1. The average Bonchev–Trinajstić information content (AvgIpc) is 3.04. The van der Waals surface area contributed by atoms with E-state index in [4.69, 9.17) is 4.98 Å². The van der Waals surface area contributed by atoms with E-state index in [1.807, 2.05) is 0 Å². The number of hydrogen-bond donors (Lipinski definition) is 1. The van der Waals surface area contributed by atoms with Crippen molar-refractivity contribution in [3.05, 3.63) is 61.3 Å². The molecule has 1 aromatic heterocycles. The third-order valence-electron chi connectivity index (χ3n) is 4.37. The van der Waals surface area contributed by atoms with Crippen molar-refractivity contribution in [2.24, 2.45) is 0 Å². The van der Waals surface area contributed by atoms with Crippen molar-refractivity contribution in [3.8, 4) is 0 Å². The van der Waals surface area contributed by atoms with Gasteiger partial charge in [0, 0.05) is 15.3 Å². The predicted molar refractivity (Wildman–Crippen MR) is 115 cm³/mol. The highest BCUT2D eigenvalue weighted by atomic mass is 79.9. The lowest BCUT2D eigenvalue weighted by Crippen LogP contribution is -2.25. The van der Waals surface area contributed by atoms with Crippen LogP contribution in [0, 0.1) is 11.6 Å². The van der Waals surface area contributed by atoms with Crippen LogP contribution in [0.4, 0.5) is 8.78 Å². The van der Waals surface area contributed by atoms with Gasteiger partial charge in [-0.1, -0.05) is 11.9 Å². The summed E-state index contributed by atoms with van der Waals surface area (Å²) in [5, 5.41) is 0. The van der Waals surface area contributed by atoms with Crippen LogP contribution in [-0.2, 0) is 19.3 Å². The predicted octanol–water partition coefficient (Wildman–Crippen LogP) is 6.69. The molecule has 27 heavy (non-hydrogen) atoms. The Hall–Kier alpha value is -0.500. The third kappa shape index (κ3) is 5.31. The highest BCUT2D eigenvalue weighted by Gasteiger charge is 2.27. The Morgan fingerprint density at radius 3 is 2.37 bits per heavy atom. The van der Waals surface area contributed by atoms with Gasteiger partial charge in [-0.2, -0.15) is 0 Å². The zero-order valence-electron chi connectivity index (χ0n) is 15.5. The molecule has 3 rings (SSSR count). The molecule has 0 saturated heterocycles. The molecule has 1 atom stereocenters. The van der Waals surface area contributed by atoms with Gasteiger partial charge in [-0.3, -0.25) is 4.72 Å². The molecule has 0 spiro atoms. The first-order chi connectivity index (χ1) is 12.6. The minimum atomic E-state index is -0.561. The number of nitrogens with one attached hydrogen (secondary N) is 1. The summed E-state index contributed by atoms with van der Waals surface area (Å²) in [6.45, 7) is 6.35. The molecule has 0 radical (unpaired) electrons. The van der Waals surface area contributed by atoms with Crippen molar-refractivity contribution in [3.63, 3.8) is 0 Å². The van der Waals surface area contributed by atoms with Crippen molar-refractivity contribution in [1.29, 1.82) is 0 Å². The molecule has 0 aliphatic heterocycles. The fourth-order valence-electron chi connectivity index (χ4n) is 3.23. The second kappa shape index (κ2) is 8.47. The lowest BCUT2D eigenvalue weighted by molar-refractivity contribution is 0.571. The topological polar surface area (TPSA) is 24.9 Å². The van der Waals surface area contributed by atoms with E-state index in [2.05, 4.69) is 57.4 Å². The van der Waals surface area contributed by atoms with Crippen molar-refractivity contribution in [1.82, 2.24) is 9.71 Å². The van der Waals surface area contributed by atoms with E-state index in [9.17, 15) is 8.78 Å². The normalized spacial score (nSPS) is 15.1. The number of benzene rings is 1. The van der Waals surface area contributed by atoms with E-state index in [1.54, 1.807) is 11.9 Å². The summed E-state index contributed by atoms with van der Waals surface area (Å²) in [5.41, 5.74) is 4.00. The number of pyridine rings is 1. The molecular formula is C20H22Br2F2N2S. The van der Waals surface area contributed by atoms with Gasteiger partial charge in [0.2, 0.25) is 0 Å². The SMILES string of the molecule is CC(C)(C)SN[C@@H](Cc1cc(F)cc(F)c1)c1nc(Br)c2c(c1Br)CCC2. The number of halogens is 4. The van der Waals surface area contributed by atoms with Crippen molar-refractivity contribution >= 4 is 43.8 Å². The Morgan fingerprint density at radius 1 is 1.11 bits per heavy atom. The zero-order chi connectivity index (χ0) is 19.8. The van der Waals surface area contributed by atoms with Crippen LogP contribution in [0.1, 0.15) is 55.6 Å². The van der Waals surface area contributed by atoms with Crippen LogP contribution in [0.25, 0.3) is 0 Å². The van der Waals surface area contributed by atoms with Gasteiger partial charge in [-0.05, 0) is 107 Å². The lowest BCUT2D eigenvalue weighted by atomic mass is 10.0. The average molecular weight is 520 g/mol. The fourth-order valence-corrected chi connectivity index (χ4v) is 5.35. The molecule has 7 heteroatoms. The number of nitrogens with zero attached hydrogens (tertiary/aromatic N) is 1. The Labute approximate surface area is 180 Å². The first-order valence-corrected chi connectivity index (χ1v) is 11.3. The molecule has 1 aliphatic carbocycles. The third-order valence-corrected chi connectivity index (χ3v) is 6.93. The second-order valence-corrected chi connectivity index (χ2v) is 11.0. The minimum Gasteiger partial charge on any atom is -0.254 e. The summed E-state index contributed by atoms with van der Waals surface area (Å²) >= 11 is 8.96. The van der Waals surface area contributed by atoms with E-state index in [0.29, 0.717) is 12.0 Å². The summed E-state index contributed by atoms with van der Waals surface area (Å²) < 4.78 is 32.7. The molecule has 2 nitrogen and oxygen atoms in total. The molecule has 0 amide bonds. The molecule has 0 unspecified atom stereocenters. The van der Waals surface area contributed by atoms with Gasteiger partial charge in [0.1, 0.15) is 16.2 Å². The first-order valence-electron chi connectivity index (χ1n) is 8.89. The van der Waals surface area contributed by atoms with Gasteiger partial charge < -0.3 is 0 Å². The highest BCUT2D eigenvalue weighted by Crippen LogP contribution is 2.39. The van der Waals surface area contributed by atoms with Gasteiger partial charge in [-0.15, -0.1) is 0 Å². The molecule has 1 heterocycles. The van der Waals surface area contributed by atoms with E-state index >= 15 is 0 Å². The maximum atomic E-state index is 13.7. The maximum Gasteiger partial charge on any atom is 0.126 e. The van der Waals surface area contributed by atoms with E-state index in [-0.39, 0.29) is 10.8 Å². The van der Waals surface area contributed by atoms with Gasteiger partial charge in [0.05, 0.1) is 11.7 Å². The summed E-state index contributed by atoms with van der Waals surface area (Å²) in [4.78, 5) is 4.79. The number of aromatic nitrogens is 1. The van der Waals surface area contributed by atoms with Crippen molar-refractivity contribution in [2.75, 3.05) is 0 Å². The number of fused-ring (bicyclic) bond motifs is 1. The van der Waals surface area contributed by atoms with Crippen LogP contribution in [-0.4, -0.2) is 9.73 Å². The van der Waals surface area contributed by atoms with Crippen LogP contribution < -0.4 is 4.72 Å².